The van der Waals surface area contributed by atoms with Gasteiger partial charge in [0.25, 0.3) is 0 Å². The largest absolute Gasteiger partial charge is 0.472 e. The van der Waals surface area contributed by atoms with Crippen molar-refractivity contribution in [3.8, 4) is 0 Å². The number of hydrogen-bond donors (Lipinski definition) is 3. The Bertz CT molecular complexity index is 1790. The van der Waals surface area contributed by atoms with Crippen molar-refractivity contribution in [1.82, 2.24) is 0 Å². The summed E-state index contributed by atoms with van der Waals surface area (Å²) in [5.41, 5.74) is 0. The molecule has 3 N–H and O–H groups in total. The number of aliphatic hydroxyl groups excluding tert-OH is 1. The van der Waals surface area contributed by atoms with Crippen molar-refractivity contribution in [2.24, 2.45) is 5.92 Å². The molecule has 0 radical (unpaired) electrons. The standard InChI is InChI=1S/C74H144O17P2/c1-6-9-12-15-18-21-23-25-26-27-28-30-34-40-45-50-55-60-74(79)91-70(64-85-72(77)58-53-48-43-38-35-31-32-37-41-46-51-56-67(4)5)66-89-93(82,83)87-62-68(75)61-86-92(80,81)88-65-69(63-84-71(76)57-52-47-42-36-20-17-14-11-8-3)90-73(78)59-54-49-44-39-33-29-24-22-19-16-13-10-7-2/h67-70,75H,6-66H2,1-5H3,(H,80,81)(H,82,83)/t68-,69+,70+/m0/s1. The highest BCUT2D eigenvalue weighted by atomic mass is 31.2. The molecule has 0 spiro atoms. The van der Waals surface area contributed by atoms with Gasteiger partial charge in [-0.2, -0.15) is 0 Å². The minimum atomic E-state index is -4.95. The molecule has 0 rings (SSSR count). The van der Waals surface area contributed by atoms with Crippen LogP contribution in [0.15, 0.2) is 0 Å². The predicted octanol–water partition coefficient (Wildman–Crippen LogP) is 21.7. The van der Waals surface area contributed by atoms with Crippen LogP contribution in [0.1, 0.15) is 388 Å². The quantitative estimate of drug-likeness (QED) is 0.0222. The van der Waals surface area contributed by atoms with Crippen LogP contribution in [0.4, 0.5) is 0 Å². The molecule has 0 aliphatic heterocycles. The fourth-order valence-electron chi connectivity index (χ4n) is 11.4. The fourth-order valence-corrected chi connectivity index (χ4v) is 12.9. The molecule has 0 aromatic rings. The summed E-state index contributed by atoms with van der Waals surface area (Å²) in [5, 5.41) is 10.6. The normalized spacial score (nSPS) is 14.0. The van der Waals surface area contributed by atoms with Crippen molar-refractivity contribution < 1.29 is 80.2 Å². The third kappa shape index (κ3) is 68.4. The maximum absolute atomic E-state index is 13.1. The van der Waals surface area contributed by atoms with Gasteiger partial charge in [0.1, 0.15) is 19.3 Å². The molecule has 0 saturated carbocycles. The van der Waals surface area contributed by atoms with Crippen LogP contribution in [0.25, 0.3) is 0 Å². The fraction of sp³-hybridized carbons (Fsp3) is 0.946. The van der Waals surface area contributed by atoms with E-state index in [9.17, 15) is 43.2 Å². The van der Waals surface area contributed by atoms with Crippen molar-refractivity contribution in [3.63, 3.8) is 0 Å². The summed E-state index contributed by atoms with van der Waals surface area (Å²) in [6, 6.07) is 0. The van der Waals surface area contributed by atoms with E-state index in [2.05, 4.69) is 34.6 Å². The zero-order valence-corrected chi connectivity index (χ0v) is 62.2. The van der Waals surface area contributed by atoms with E-state index in [1.165, 1.54) is 212 Å². The Morgan fingerprint density at radius 2 is 0.495 bits per heavy atom. The zero-order valence-electron chi connectivity index (χ0n) is 60.4. The van der Waals surface area contributed by atoms with Crippen LogP contribution in [0.3, 0.4) is 0 Å². The van der Waals surface area contributed by atoms with Crippen LogP contribution in [-0.4, -0.2) is 96.7 Å². The van der Waals surface area contributed by atoms with Crippen LogP contribution < -0.4 is 0 Å². The summed E-state index contributed by atoms with van der Waals surface area (Å²) in [7, 11) is -9.90. The van der Waals surface area contributed by atoms with Crippen molar-refractivity contribution in [1.29, 1.82) is 0 Å². The average molecular weight is 1370 g/mol. The summed E-state index contributed by atoms with van der Waals surface area (Å²) in [5.74, 6) is -1.34. The Morgan fingerprint density at radius 1 is 0.290 bits per heavy atom. The lowest BCUT2D eigenvalue weighted by Crippen LogP contribution is -2.30. The number of carbonyl (C=O) groups is 4. The van der Waals surface area contributed by atoms with Crippen LogP contribution in [-0.2, 0) is 65.4 Å². The van der Waals surface area contributed by atoms with E-state index in [0.717, 1.165) is 95.8 Å². The second-order valence-corrected chi connectivity index (χ2v) is 30.1. The van der Waals surface area contributed by atoms with Gasteiger partial charge >= 0.3 is 39.5 Å². The molecule has 19 heteroatoms. The molecule has 0 amide bonds. The van der Waals surface area contributed by atoms with Gasteiger partial charge in [0.15, 0.2) is 12.2 Å². The number of rotatable bonds is 74. The van der Waals surface area contributed by atoms with E-state index < -0.39 is 97.5 Å². The number of aliphatic hydroxyl groups is 1. The van der Waals surface area contributed by atoms with Gasteiger partial charge in [0.2, 0.25) is 0 Å². The summed E-state index contributed by atoms with van der Waals surface area (Å²) >= 11 is 0. The second kappa shape index (κ2) is 67.3. The highest BCUT2D eigenvalue weighted by molar-refractivity contribution is 7.47. The van der Waals surface area contributed by atoms with Gasteiger partial charge < -0.3 is 33.8 Å². The lowest BCUT2D eigenvalue weighted by atomic mass is 10.0. The Morgan fingerprint density at radius 3 is 0.731 bits per heavy atom. The Kier molecular flexibility index (Phi) is 65.9. The van der Waals surface area contributed by atoms with Crippen LogP contribution in [0.5, 0.6) is 0 Å². The topological polar surface area (TPSA) is 237 Å². The molecule has 552 valence electrons. The number of carbonyl (C=O) groups excluding carboxylic acids is 4. The molecule has 93 heavy (non-hydrogen) atoms. The molecule has 0 aliphatic rings. The molecular weight excluding hydrogens is 1220 g/mol. The molecule has 17 nitrogen and oxygen atoms in total. The van der Waals surface area contributed by atoms with E-state index in [4.69, 9.17) is 37.0 Å². The monoisotopic (exact) mass is 1370 g/mol. The third-order valence-corrected chi connectivity index (χ3v) is 19.2. The van der Waals surface area contributed by atoms with Gasteiger partial charge in [-0.15, -0.1) is 0 Å². The second-order valence-electron chi connectivity index (χ2n) is 27.2. The van der Waals surface area contributed by atoms with Gasteiger partial charge in [-0.25, -0.2) is 9.13 Å². The van der Waals surface area contributed by atoms with E-state index in [1.807, 2.05) is 0 Å². The molecule has 5 atom stereocenters. The number of ether oxygens (including phenoxy) is 4. The summed E-state index contributed by atoms with van der Waals surface area (Å²) < 4.78 is 68.4. The van der Waals surface area contributed by atoms with Gasteiger partial charge in [-0.3, -0.25) is 37.3 Å². The van der Waals surface area contributed by atoms with Crippen molar-refractivity contribution in [2.75, 3.05) is 39.6 Å². The predicted molar refractivity (Wildman–Crippen MR) is 377 cm³/mol. The van der Waals surface area contributed by atoms with Gasteiger partial charge in [0, 0.05) is 25.7 Å². The number of phosphoric ester groups is 2. The third-order valence-electron chi connectivity index (χ3n) is 17.3. The molecule has 0 aromatic heterocycles. The first-order chi connectivity index (χ1) is 45.0. The summed E-state index contributed by atoms with van der Waals surface area (Å²) in [4.78, 5) is 72.7. The highest BCUT2D eigenvalue weighted by Gasteiger charge is 2.30. The van der Waals surface area contributed by atoms with Crippen LogP contribution >= 0.6 is 15.6 Å². The Labute approximate surface area is 568 Å². The summed E-state index contributed by atoms with van der Waals surface area (Å²) in [6.45, 7) is 7.27. The molecular formula is C74H144O17P2. The number of esters is 4. The smallest absolute Gasteiger partial charge is 0.462 e. The SMILES string of the molecule is CCCCCCCCCCCCCCCCCCCC(=O)O[C@H](COC(=O)CCCCCCCCCCCCCC(C)C)COP(=O)(O)OC[C@@H](O)COP(=O)(O)OC[C@@H](COC(=O)CCCCCCCCCCC)OC(=O)CCCCCCCCCCCCCCC. The molecule has 0 heterocycles. The highest BCUT2D eigenvalue weighted by Crippen LogP contribution is 2.45. The minimum Gasteiger partial charge on any atom is -0.462 e. The van der Waals surface area contributed by atoms with E-state index in [1.54, 1.807) is 0 Å². The molecule has 0 aromatic carbocycles. The molecule has 0 saturated heterocycles. The maximum atomic E-state index is 13.1. The summed E-state index contributed by atoms with van der Waals surface area (Å²) in [6.07, 6.45) is 55.4. The minimum absolute atomic E-state index is 0.108. The first-order valence-electron chi connectivity index (χ1n) is 38.6. The van der Waals surface area contributed by atoms with Crippen LogP contribution in [0, 0.1) is 5.92 Å². The van der Waals surface area contributed by atoms with Crippen molar-refractivity contribution in [3.05, 3.63) is 0 Å². The van der Waals surface area contributed by atoms with Gasteiger partial charge in [-0.1, -0.05) is 336 Å². The molecule has 2 unspecified atom stereocenters. The molecule has 0 bridgehead atoms. The van der Waals surface area contributed by atoms with Gasteiger partial charge in [-0.05, 0) is 31.6 Å². The first kappa shape index (κ1) is 91.1. The Balaban J connectivity index is 5.23. The van der Waals surface area contributed by atoms with Crippen molar-refractivity contribution in [2.45, 2.75) is 406 Å². The lowest BCUT2D eigenvalue weighted by molar-refractivity contribution is -0.161. The maximum Gasteiger partial charge on any atom is 0.472 e. The number of phosphoric acid groups is 2. The Hall–Kier alpha value is -1.94. The number of hydrogen-bond acceptors (Lipinski definition) is 15. The average Bonchev–Trinajstić information content (AvgIpc) is 2.19. The van der Waals surface area contributed by atoms with Crippen LogP contribution in [0.2, 0.25) is 0 Å². The lowest BCUT2D eigenvalue weighted by Gasteiger charge is -2.21. The molecule has 0 fully saturated rings. The van der Waals surface area contributed by atoms with E-state index in [-0.39, 0.29) is 25.7 Å². The van der Waals surface area contributed by atoms with E-state index in [0.29, 0.717) is 25.7 Å². The van der Waals surface area contributed by atoms with Gasteiger partial charge in [0.05, 0.1) is 26.4 Å². The van der Waals surface area contributed by atoms with Crippen molar-refractivity contribution >= 4 is 39.5 Å². The first-order valence-corrected chi connectivity index (χ1v) is 41.6. The molecule has 0 aliphatic carbocycles. The number of unbranched alkanes of at least 4 members (excludes halogenated alkanes) is 46. The zero-order chi connectivity index (χ0) is 68.4. The van der Waals surface area contributed by atoms with E-state index >= 15 is 0 Å².